The highest BCUT2D eigenvalue weighted by atomic mass is 16.3. The first kappa shape index (κ1) is 14.7. The fourth-order valence-corrected chi connectivity index (χ4v) is 2.11. The quantitative estimate of drug-likeness (QED) is 0.873. The summed E-state index contributed by atoms with van der Waals surface area (Å²) in [5, 5.41) is 18.7. The van der Waals surface area contributed by atoms with Crippen molar-refractivity contribution in [3.8, 4) is 11.8 Å². The van der Waals surface area contributed by atoms with Gasteiger partial charge in [-0.2, -0.15) is 5.26 Å². The maximum absolute atomic E-state index is 9.95. The Bertz CT molecular complexity index is 629. The van der Waals surface area contributed by atoms with Crippen molar-refractivity contribution in [1.82, 2.24) is 0 Å². The lowest BCUT2D eigenvalue weighted by Crippen LogP contribution is -2.24. The molecule has 1 N–H and O–H groups in total. The zero-order valence-electron chi connectivity index (χ0n) is 11.8. The molecule has 0 unspecified atom stereocenters. The maximum Gasteiger partial charge on any atom is 0.138 e. The summed E-state index contributed by atoms with van der Waals surface area (Å²) in [5.74, 6) is 0.239. The first-order valence-corrected chi connectivity index (χ1v) is 6.93. The second-order valence-electron chi connectivity index (χ2n) is 4.66. The summed E-state index contributed by atoms with van der Waals surface area (Å²) in [6, 6.07) is 19.4. The van der Waals surface area contributed by atoms with Crippen molar-refractivity contribution in [3.05, 3.63) is 66.2 Å². The number of hydrogen-bond acceptors (Lipinski definition) is 3. The summed E-state index contributed by atoms with van der Waals surface area (Å²) in [4.78, 5) is 2.00. The van der Waals surface area contributed by atoms with E-state index in [1.165, 1.54) is 0 Å². The minimum absolute atomic E-state index is 0.239. The van der Waals surface area contributed by atoms with E-state index in [2.05, 4.69) is 6.07 Å². The van der Waals surface area contributed by atoms with Gasteiger partial charge in [0.05, 0.1) is 18.2 Å². The predicted molar refractivity (Wildman–Crippen MR) is 86.0 cm³/mol. The van der Waals surface area contributed by atoms with Crippen LogP contribution < -0.4 is 4.90 Å². The Morgan fingerprint density at radius 3 is 2.48 bits per heavy atom. The number of hydrogen-bond donors (Lipinski definition) is 1. The molecule has 2 aromatic rings. The van der Waals surface area contributed by atoms with Crippen molar-refractivity contribution < 1.29 is 5.11 Å². The second kappa shape index (κ2) is 7.76. The molecule has 106 valence electrons. The third-order valence-corrected chi connectivity index (χ3v) is 3.15. The van der Waals surface area contributed by atoms with Crippen molar-refractivity contribution in [2.75, 3.05) is 18.0 Å². The lowest BCUT2D eigenvalue weighted by molar-refractivity contribution is 0.474. The summed E-state index contributed by atoms with van der Waals surface area (Å²) in [7, 11) is 0. The van der Waals surface area contributed by atoms with Crippen molar-refractivity contribution in [3.63, 3.8) is 0 Å². The van der Waals surface area contributed by atoms with E-state index < -0.39 is 0 Å². The average Bonchev–Trinajstić information content (AvgIpc) is 2.52. The molecule has 3 nitrogen and oxygen atoms in total. The topological polar surface area (TPSA) is 47.3 Å². The number of phenols is 1. The summed E-state index contributed by atoms with van der Waals surface area (Å²) < 4.78 is 0. The number of rotatable bonds is 6. The largest absolute Gasteiger partial charge is 0.506 e. The van der Waals surface area contributed by atoms with Gasteiger partial charge in [-0.05, 0) is 17.7 Å². The summed E-state index contributed by atoms with van der Waals surface area (Å²) in [6.07, 6.45) is 4.51. The minimum Gasteiger partial charge on any atom is -0.506 e. The first-order valence-electron chi connectivity index (χ1n) is 6.93. The zero-order chi connectivity index (χ0) is 14.9. The second-order valence-corrected chi connectivity index (χ2v) is 4.66. The molecule has 21 heavy (non-hydrogen) atoms. The highest BCUT2D eigenvalue weighted by Crippen LogP contribution is 2.26. The number of benzene rings is 2. The number of aromatic hydroxyl groups is 1. The predicted octanol–water partition coefficient (Wildman–Crippen LogP) is 3.83. The van der Waals surface area contributed by atoms with Crippen LogP contribution in [0.1, 0.15) is 12.0 Å². The van der Waals surface area contributed by atoms with E-state index in [1.54, 1.807) is 12.1 Å². The van der Waals surface area contributed by atoms with Crippen LogP contribution >= 0.6 is 0 Å². The van der Waals surface area contributed by atoms with Crippen LogP contribution in [0.3, 0.4) is 0 Å². The molecule has 0 heterocycles. The molecular weight excluding hydrogens is 260 g/mol. The molecule has 0 saturated heterocycles. The van der Waals surface area contributed by atoms with Gasteiger partial charge >= 0.3 is 0 Å². The van der Waals surface area contributed by atoms with Gasteiger partial charge in [0.1, 0.15) is 5.75 Å². The normalized spacial score (nSPS) is 10.4. The minimum atomic E-state index is 0.239. The molecule has 0 spiro atoms. The van der Waals surface area contributed by atoms with E-state index in [1.807, 2.05) is 59.5 Å². The van der Waals surface area contributed by atoms with Crippen molar-refractivity contribution in [1.29, 1.82) is 5.26 Å². The molecular formula is C18H18N2O. The highest BCUT2D eigenvalue weighted by Gasteiger charge is 2.08. The molecule has 0 aromatic heterocycles. The standard InChI is InChI=1S/C18H18N2O/c19-13-7-15-20(17-11-4-5-12-18(17)21)14-6-10-16-8-2-1-3-9-16/h1-6,8-12,21H,7,14-15H2. The zero-order valence-corrected chi connectivity index (χ0v) is 11.8. The molecule has 0 aliphatic heterocycles. The SMILES string of the molecule is N#CCCN(CC=Cc1ccccc1)c1ccccc1O. The van der Waals surface area contributed by atoms with E-state index >= 15 is 0 Å². The molecule has 0 aliphatic carbocycles. The molecule has 0 amide bonds. The van der Waals surface area contributed by atoms with Crippen LogP contribution in [-0.4, -0.2) is 18.2 Å². The number of phenolic OH excluding ortho intramolecular Hbond substituents is 1. The highest BCUT2D eigenvalue weighted by molar-refractivity contribution is 5.59. The van der Waals surface area contributed by atoms with Crippen LogP contribution in [0, 0.1) is 11.3 Å². The summed E-state index contributed by atoms with van der Waals surface area (Å²) in [5.41, 5.74) is 1.89. The van der Waals surface area contributed by atoms with Crippen LogP contribution in [0.5, 0.6) is 5.75 Å². The Labute approximate surface area is 125 Å². The third-order valence-electron chi connectivity index (χ3n) is 3.15. The van der Waals surface area contributed by atoms with E-state index in [-0.39, 0.29) is 5.75 Å². The summed E-state index contributed by atoms with van der Waals surface area (Å²) >= 11 is 0. The summed E-state index contributed by atoms with van der Waals surface area (Å²) in [6.45, 7) is 1.24. The lowest BCUT2D eigenvalue weighted by atomic mass is 10.2. The van der Waals surface area contributed by atoms with Gasteiger partial charge in [-0.15, -0.1) is 0 Å². The molecule has 0 aliphatic rings. The Morgan fingerprint density at radius 2 is 1.76 bits per heavy atom. The van der Waals surface area contributed by atoms with Crippen molar-refractivity contribution >= 4 is 11.8 Å². The van der Waals surface area contributed by atoms with E-state index in [0.29, 0.717) is 19.5 Å². The van der Waals surface area contributed by atoms with Crippen molar-refractivity contribution in [2.24, 2.45) is 0 Å². The van der Waals surface area contributed by atoms with Gasteiger partial charge in [0.2, 0.25) is 0 Å². The Kier molecular flexibility index (Phi) is 5.42. The molecule has 0 radical (unpaired) electrons. The van der Waals surface area contributed by atoms with Crippen LogP contribution in [0.2, 0.25) is 0 Å². The first-order chi connectivity index (χ1) is 10.3. The molecule has 2 aromatic carbocycles. The Balaban J connectivity index is 2.09. The van der Waals surface area contributed by atoms with Crippen LogP contribution in [0.4, 0.5) is 5.69 Å². The molecule has 2 rings (SSSR count). The van der Waals surface area contributed by atoms with Gasteiger partial charge in [-0.1, -0.05) is 54.6 Å². The number of anilines is 1. The fourth-order valence-electron chi connectivity index (χ4n) is 2.11. The molecule has 0 atom stereocenters. The van der Waals surface area contributed by atoms with Gasteiger partial charge in [0.25, 0.3) is 0 Å². The number of para-hydroxylation sites is 2. The van der Waals surface area contributed by atoms with Gasteiger partial charge < -0.3 is 10.0 Å². The van der Waals surface area contributed by atoms with E-state index in [9.17, 15) is 5.11 Å². The molecule has 0 saturated carbocycles. The number of nitriles is 1. The fraction of sp³-hybridized carbons (Fsp3) is 0.167. The molecule has 3 heteroatoms. The lowest BCUT2D eigenvalue weighted by Gasteiger charge is -2.23. The molecule has 0 fully saturated rings. The van der Waals surface area contributed by atoms with Crippen LogP contribution in [-0.2, 0) is 0 Å². The monoisotopic (exact) mass is 278 g/mol. The number of nitrogens with zero attached hydrogens (tertiary/aromatic N) is 2. The molecule has 0 bridgehead atoms. The van der Waals surface area contributed by atoms with Gasteiger partial charge in [-0.3, -0.25) is 0 Å². The maximum atomic E-state index is 9.95. The van der Waals surface area contributed by atoms with E-state index in [0.717, 1.165) is 11.3 Å². The van der Waals surface area contributed by atoms with E-state index in [4.69, 9.17) is 5.26 Å². The Morgan fingerprint density at radius 1 is 1.05 bits per heavy atom. The van der Waals surface area contributed by atoms with Crippen LogP contribution in [0.25, 0.3) is 6.08 Å². The van der Waals surface area contributed by atoms with Crippen molar-refractivity contribution in [2.45, 2.75) is 6.42 Å². The average molecular weight is 278 g/mol. The van der Waals surface area contributed by atoms with Gasteiger partial charge in [0, 0.05) is 13.1 Å². The third kappa shape index (κ3) is 4.39. The van der Waals surface area contributed by atoms with Gasteiger partial charge in [-0.25, -0.2) is 0 Å². The van der Waals surface area contributed by atoms with Crippen LogP contribution in [0.15, 0.2) is 60.7 Å². The smallest absolute Gasteiger partial charge is 0.138 e. The van der Waals surface area contributed by atoms with Gasteiger partial charge in [0.15, 0.2) is 0 Å². The Hall–Kier alpha value is -2.73.